The van der Waals surface area contributed by atoms with E-state index in [1.807, 2.05) is 32.6 Å². The van der Waals surface area contributed by atoms with Gasteiger partial charge in [0.15, 0.2) is 0 Å². The summed E-state index contributed by atoms with van der Waals surface area (Å²) in [6, 6.07) is 0. The normalized spacial score (nSPS) is 17.7. The van der Waals surface area contributed by atoms with Crippen LogP contribution in [0.4, 0.5) is 0 Å². The minimum atomic E-state index is -0.556. The third kappa shape index (κ3) is 3.12. The van der Waals surface area contributed by atoms with Crippen LogP contribution in [0.25, 0.3) is 0 Å². The fourth-order valence-corrected chi connectivity index (χ4v) is 1.88. The molecule has 4 nitrogen and oxygen atoms in total. The molecule has 0 radical (unpaired) electrons. The summed E-state index contributed by atoms with van der Waals surface area (Å²) in [6.07, 6.45) is 2.98. The molecule has 1 aliphatic heterocycles. The number of hydrogen-bond acceptors (Lipinski definition) is 3. The van der Waals surface area contributed by atoms with Crippen LogP contribution in [0.2, 0.25) is 0 Å². The van der Waals surface area contributed by atoms with Crippen LogP contribution in [0.15, 0.2) is 11.6 Å². The molecule has 18 heavy (non-hydrogen) atoms. The van der Waals surface area contributed by atoms with E-state index in [1.165, 1.54) is 5.57 Å². The third-order valence-corrected chi connectivity index (χ3v) is 4.07. The molecule has 1 aliphatic rings. The number of carbonyl (C=O) groups excluding carboxylic acids is 1. The van der Waals surface area contributed by atoms with Crippen molar-refractivity contribution in [3.63, 3.8) is 0 Å². The van der Waals surface area contributed by atoms with E-state index in [0.717, 1.165) is 13.0 Å². The second-order valence-electron chi connectivity index (χ2n) is 6.14. The average molecular weight is 254 g/mol. The van der Waals surface area contributed by atoms with Crippen LogP contribution in [0.3, 0.4) is 0 Å². The molecule has 0 aliphatic carbocycles. The van der Waals surface area contributed by atoms with Gasteiger partial charge in [0.2, 0.25) is 5.91 Å². The molecule has 1 rings (SSSR count). The number of carbonyl (C=O) groups is 1. The first-order chi connectivity index (χ1) is 8.20. The van der Waals surface area contributed by atoms with Crippen LogP contribution < -0.4 is 5.73 Å². The molecule has 0 saturated heterocycles. The van der Waals surface area contributed by atoms with E-state index in [9.17, 15) is 4.79 Å². The Morgan fingerprint density at radius 3 is 2.44 bits per heavy atom. The highest BCUT2D eigenvalue weighted by atomic mass is 16.5. The first-order valence-corrected chi connectivity index (χ1v) is 6.45. The zero-order chi connectivity index (χ0) is 14.0. The van der Waals surface area contributed by atoms with E-state index >= 15 is 0 Å². The van der Waals surface area contributed by atoms with Gasteiger partial charge in [-0.05, 0) is 39.7 Å². The molecule has 0 fully saturated rings. The predicted octanol–water partition coefficient (Wildman–Crippen LogP) is 1.56. The van der Waals surface area contributed by atoms with Gasteiger partial charge in [-0.15, -0.1) is 0 Å². The molecule has 0 aromatic rings. The molecule has 0 bridgehead atoms. The summed E-state index contributed by atoms with van der Waals surface area (Å²) in [7, 11) is 1.69. The summed E-state index contributed by atoms with van der Waals surface area (Å²) in [4.78, 5) is 14.4. The second-order valence-corrected chi connectivity index (χ2v) is 6.14. The molecule has 0 aromatic carbocycles. The van der Waals surface area contributed by atoms with E-state index in [1.54, 1.807) is 7.11 Å². The van der Waals surface area contributed by atoms with E-state index in [2.05, 4.69) is 6.08 Å². The topological polar surface area (TPSA) is 55.6 Å². The maximum atomic E-state index is 12.5. The minimum absolute atomic E-state index is 0.128. The lowest BCUT2D eigenvalue weighted by Crippen LogP contribution is -2.57. The van der Waals surface area contributed by atoms with Crippen molar-refractivity contribution in [2.24, 2.45) is 11.1 Å². The Labute approximate surface area is 110 Å². The van der Waals surface area contributed by atoms with Gasteiger partial charge >= 0.3 is 0 Å². The monoisotopic (exact) mass is 254 g/mol. The zero-order valence-electron chi connectivity index (χ0n) is 12.2. The number of ether oxygens (including phenoxy) is 1. The van der Waals surface area contributed by atoms with Crippen molar-refractivity contribution in [2.45, 2.75) is 39.7 Å². The molecule has 1 heterocycles. The Hall–Kier alpha value is -0.870. The number of hydrogen-bond donors (Lipinski definition) is 1. The van der Waals surface area contributed by atoms with Crippen molar-refractivity contribution in [1.29, 1.82) is 0 Å². The van der Waals surface area contributed by atoms with Crippen LogP contribution in [-0.4, -0.2) is 43.2 Å². The van der Waals surface area contributed by atoms with E-state index in [-0.39, 0.29) is 5.91 Å². The summed E-state index contributed by atoms with van der Waals surface area (Å²) in [5.41, 5.74) is 6.30. The highest BCUT2D eigenvalue weighted by molar-refractivity contribution is 5.83. The highest BCUT2D eigenvalue weighted by Crippen LogP contribution is 2.31. The first-order valence-electron chi connectivity index (χ1n) is 6.45. The average Bonchev–Trinajstić information content (AvgIpc) is 2.28. The lowest BCUT2D eigenvalue weighted by molar-refractivity contribution is -0.143. The van der Waals surface area contributed by atoms with Crippen LogP contribution in [0, 0.1) is 5.41 Å². The van der Waals surface area contributed by atoms with Crippen LogP contribution >= 0.6 is 0 Å². The maximum absolute atomic E-state index is 12.5. The zero-order valence-corrected chi connectivity index (χ0v) is 12.2. The molecule has 1 amide bonds. The van der Waals surface area contributed by atoms with Gasteiger partial charge in [0.05, 0.1) is 12.0 Å². The second kappa shape index (κ2) is 5.41. The molecule has 104 valence electrons. The van der Waals surface area contributed by atoms with Crippen molar-refractivity contribution >= 4 is 5.91 Å². The van der Waals surface area contributed by atoms with Gasteiger partial charge < -0.3 is 15.4 Å². The van der Waals surface area contributed by atoms with Crippen LogP contribution in [-0.2, 0) is 9.53 Å². The Kier molecular flexibility index (Phi) is 4.56. The summed E-state index contributed by atoms with van der Waals surface area (Å²) < 4.78 is 5.11. The highest BCUT2D eigenvalue weighted by Gasteiger charge is 2.42. The lowest BCUT2D eigenvalue weighted by atomic mass is 9.74. The summed E-state index contributed by atoms with van der Waals surface area (Å²) >= 11 is 0. The van der Waals surface area contributed by atoms with Gasteiger partial charge in [0, 0.05) is 25.7 Å². The Bertz CT molecular complexity index is 340. The van der Waals surface area contributed by atoms with Gasteiger partial charge in [-0.2, -0.15) is 0 Å². The standard InChI is InChI=1S/C14H26N2O2/c1-13(2,14(3,4)15)12(17)16-8-6-11(7-9-16)10-18-5/h6H,7-10,15H2,1-5H3. The van der Waals surface area contributed by atoms with E-state index in [0.29, 0.717) is 13.2 Å². The minimum Gasteiger partial charge on any atom is -0.380 e. The number of amides is 1. The van der Waals surface area contributed by atoms with E-state index in [4.69, 9.17) is 10.5 Å². The van der Waals surface area contributed by atoms with Crippen LogP contribution in [0.5, 0.6) is 0 Å². The summed E-state index contributed by atoms with van der Waals surface area (Å²) in [6.45, 7) is 9.73. The summed E-state index contributed by atoms with van der Waals surface area (Å²) in [5.74, 6) is 0.128. The number of rotatable bonds is 4. The van der Waals surface area contributed by atoms with Crippen molar-refractivity contribution in [3.05, 3.63) is 11.6 Å². The fraction of sp³-hybridized carbons (Fsp3) is 0.786. The van der Waals surface area contributed by atoms with Gasteiger partial charge in [0.25, 0.3) is 0 Å². The quantitative estimate of drug-likeness (QED) is 0.775. The van der Waals surface area contributed by atoms with E-state index < -0.39 is 11.0 Å². The van der Waals surface area contributed by atoms with Crippen molar-refractivity contribution in [1.82, 2.24) is 4.90 Å². The third-order valence-electron chi connectivity index (χ3n) is 4.07. The largest absolute Gasteiger partial charge is 0.380 e. The van der Waals surface area contributed by atoms with Crippen molar-refractivity contribution in [3.8, 4) is 0 Å². The molecule has 0 aromatic heterocycles. The molecule has 2 N–H and O–H groups in total. The molecule has 0 spiro atoms. The molecule has 4 heteroatoms. The van der Waals surface area contributed by atoms with Gasteiger partial charge in [-0.3, -0.25) is 4.79 Å². The molecule has 0 saturated carbocycles. The number of nitrogens with zero attached hydrogens (tertiary/aromatic N) is 1. The van der Waals surface area contributed by atoms with Gasteiger partial charge in [0.1, 0.15) is 0 Å². The van der Waals surface area contributed by atoms with Crippen molar-refractivity contribution in [2.75, 3.05) is 26.8 Å². The number of methoxy groups -OCH3 is 1. The fourth-order valence-electron chi connectivity index (χ4n) is 1.88. The Balaban J connectivity index is 2.71. The first kappa shape index (κ1) is 15.2. The Morgan fingerprint density at radius 2 is 2.06 bits per heavy atom. The molecular weight excluding hydrogens is 228 g/mol. The smallest absolute Gasteiger partial charge is 0.230 e. The van der Waals surface area contributed by atoms with Gasteiger partial charge in [-0.1, -0.05) is 6.08 Å². The summed E-state index contributed by atoms with van der Waals surface area (Å²) in [5, 5.41) is 0. The Morgan fingerprint density at radius 1 is 1.44 bits per heavy atom. The SMILES string of the molecule is COCC1=CCN(C(=O)C(C)(C)C(C)(C)N)CC1. The molecule has 0 unspecified atom stereocenters. The maximum Gasteiger partial charge on any atom is 0.230 e. The lowest BCUT2D eigenvalue weighted by Gasteiger charge is -2.41. The predicted molar refractivity (Wildman–Crippen MR) is 73.2 cm³/mol. The van der Waals surface area contributed by atoms with Gasteiger partial charge in [-0.25, -0.2) is 0 Å². The molecule has 0 atom stereocenters. The molecular formula is C14H26N2O2. The number of nitrogens with two attached hydrogens (primary N) is 1. The van der Waals surface area contributed by atoms with Crippen molar-refractivity contribution < 1.29 is 9.53 Å². The van der Waals surface area contributed by atoms with Crippen LogP contribution in [0.1, 0.15) is 34.1 Å².